The van der Waals surface area contributed by atoms with Gasteiger partial charge in [-0.25, -0.2) is 4.39 Å². The number of nitrogens with one attached hydrogen (secondary N) is 1. The first kappa shape index (κ1) is 14.9. The number of halogens is 2. The standard InChI is InChI=1S/C15H21BrFNO/c1-18-13(10-14-4-2-3-7-19-14)9-11-8-12(16)5-6-15(11)17/h5-6,8,13-14,18H,2-4,7,9-10H2,1H3. The Morgan fingerprint density at radius 3 is 3.00 bits per heavy atom. The SMILES string of the molecule is CNC(Cc1cc(Br)ccc1F)CC1CCCCO1. The van der Waals surface area contributed by atoms with Gasteiger partial charge in [-0.1, -0.05) is 15.9 Å². The Morgan fingerprint density at radius 2 is 2.32 bits per heavy atom. The molecule has 1 aromatic carbocycles. The fourth-order valence-corrected chi connectivity index (χ4v) is 2.99. The second kappa shape index (κ2) is 7.36. The summed E-state index contributed by atoms with van der Waals surface area (Å²) in [6, 6.07) is 5.37. The van der Waals surface area contributed by atoms with Crippen LogP contribution in [0.15, 0.2) is 22.7 Å². The molecule has 0 spiro atoms. The summed E-state index contributed by atoms with van der Waals surface area (Å²) in [5.74, 6) is -0.131. The number of benzene rings is 1. The van der Waals surface area contributed by atoms with E-state index in [0.717, 1.165) is 29.5 Å². The van der Waals surface area contributed by atoms with E-state index in [4.69, 9.17) is 4.74 Å². The molecule has 0 bridgehead atoms. The number of hydrogen-bond acceptors (Lipinski definition) is 2. The molecule has 0 aliphatic carbocycles. The molecule has 1 aliphatic heterocycles. The third-order valence-electron chi connectivity index (χ3n) is 3.70. The Balaban J connectivity index is 1.95. The van der Waals surface area contributed by atoms with E-state index in [9.17, 15) is 4.39 Å². The summed E-state index contributed by atoms with van der Waals surface area (Å²) in [4.78, 5) is 0. The molecule has 106 valence electrons. The molecule has 1 saturated heterocycles. The van der Waals surface area contributed by atoms with Crippen molar-refractivity contribution in [3.05, 3.63) is 34.1 Å². The molecule has 4 heteroatoms. The summed E-state index contributed by atoms with van der Waals surface area (Å²) in [5.41, 5.74) is 0.754. The lowest BCUT2D eigenvalue weighted by Crippen LogP contribution is -2.34. The van der Waals surface area contributed by atoms with Crippen LogP contribution >= 0.6 is 15.9 Å². The molecule has 1 fully saturated rings. The van der Waals surface area contributed by atoms with Gasteiger partial charge in [0.2, 0.25) is 0 Å². The van der Waals surface area contributed by atoms with E-state index in [0.29, 0.717) is 12.5 Å². The zero-order chi connectivity index (χ0) is 13.7. The topological polar surface area (TPSA) is 21.3 Å². The lowest BCUT2D eigenvalue weighted by Gasteiger charge is -2.27. The fourth-order valence-electron chi connectivity index (χ4n) is 2.58. The monoisotopic (exact) mass is 329 g/mol. The highest BCUT2D eigenvalue weighted by atomic mass is 79.9. The first-order valence-corrected chi connectivity index (χ1v) is 7.71. The van der Waals surface area contributed by atoms with Crippen molar-refractivity contribution in [1.82, 2.24) is 5.32 Å². The highest BCUT2D eigenvalue weighted by Gasteiger charge is 2.19. The minimum atomic E-state index is -0.131. The molecule has 0 aromatic heterocycles. The van der Waals surface area contributed by atoms with Gasteiger partial charge in [-0.05, 0) is 62.9 Å². The number of rotatable bonds is 5. The Labute approximate surface area is 122 Å². The Hall–Kier alpha value is -0.450. The quantitative estimate of drug-likeness (QED) is 0.889. The normalized spacial score (nSPS) is 21.3. The predicted octanol–water partition coefficient (Wildman–Crippen LogP) is 3.68. The van der Waals surface area contributed by atoms with Gasteiger partial charge in [0.1, 0.15) is 5.82 Å². The lowest BCUT2D eigenvalue weighted by molar-refractivity contribution is 0.00564. The van der Waals surface area contributed by atoms with Gasteiger partial charge in [-0.15, -0.1) is 0 Å². The van der Waals surface area contributed by atoms with Crippen LogP contribution in [0, 0.1) is 5.82 Å². The van der Waals surface area contributed by atoms with Crippen LogP contribution in [-0.4, -0.2) is 25.8 Å². The molecule has 1 N–H and O–H groups in total. The number of hydrogen-bond donors (Lipinski definition) is 1. The van der Waals surface area contributed by atoms with E-state index in [1.54, 1.807) is 6.07 Å². The smallest absolute Gasteiger partial charge is 0.126 e. The average Bonchev–Trinajstić information content (AvgIpc) is 2.43. The average molecular weight is 330 g/mol. The first-order valence-electron chi connectivity index (χ1n) is 6.92. The molecule has 2 nitrogen and oxygen atoms in total. The van der Waals surface area contributed by atoms with Crippen molar-refractivity contribution in [2.45, 2.75) is 44.2 Å². The molecule has 19 heavy (non-hydrogen) atoms. The maximum absolute atomic E-state index is 13.8. The van der Waals surface area contributed by atoms with E-state index < -0.39 is 0 Å². The summed E-state index contributed by atoms with van der Waals surface area (Å²) in [6.45, 7) is 0.867. The van der Waals surface area contributed by atoms with Gasteiger partial charge in [0, 0.05) is 17.1 Å². The molecule has 2 atom stereocenters. The van der Waals surface area contributed by atoms with Gasteiger partial charge in [0.05, 0.1) is 6.10 Å². The van der Waals surface area contributed by atoms with Crippen molar-refractivity contribution in [2.24, 2.45) is 0 Å². The highest BCUT2D eigenvalue weighted by molar-refractivity contribution is 9.10. The van der Waals surface area contributed by atoms with Crippen LogP contribution in [0.2, 0.25) is 0 Å². The van der Waals surface area contributed by atoms with E-state index in [1.165, 1.54) is 18.9 Å². The van der Waals surface area contributed by atoms with Gasteiger partial charge >= 0.3 is 0 Å². The molecule has 1 aliphatic rings. The number of likely N-dealkylation sites (N-methyl/N-ethyl adjacent to an activating group) is 1. The van der Waals surface area contributed by atoms with Crippen molar-refractivity contribution in [3.8, 4) is 0 Å². The van der Waals surface area contributed by atoms with Crippen molar-refractivity contribution >= 4 is 15.9 Å². The zero-order valence-electron chi connectivity index (χ0n) is 11.3. The summed E-state index contributed by atoms with van der Waals surface area (Å²) < 4.78 is 20.4. The van der Waals surface area contributed by atoms with E-state index >= 15 is 0 Å². The minimum Gasteiger partial charge on any atom is -0.378 e. The summed E-state index contributed by atoms with van der Waals surface area (Å²) in [5, 5.41) is 3.28. The van der Waals surface area contributed by atoms with Gasteiger partial charge < -0.3 is 10.1 Å². The lowest BCUT2D eigenvalue weighted by atomic mass is 9.97. The van der Waals surface area contributed by atoms with E-state index in [1.807, 2.05) is 13.1 Å². The summed E-state index contributed by atoms with van der Waals surface area (Å²) in [7, 11) is 1.93. The molecule has 0 amide bonds. The minimum absolute atomic E-state index is 0.131. The second-order valence-electron chi connectivity index (χ2n) is 5.15. The van der Waals surface area contributed by atoms with Gasteiger partial charge in [-0.3, -0.25) is 0 Å². The Bertz CT molecular complexity index is 407. The van der Waals surface area contributed by atoms with E-state index in [2.05, 4.69) is 21.2 Å². The maximum atomic E-state index is 13.8. The van der Waals surface area contributed by atoms with Crippen molar-refractivity contribution in [2.75, 3.05) is 13.7 Å². The molecule has 0 saturated carbocycles. The summed E-state index contributed by atoms with van der Waals surface area (Å²) >= 11 is 3.39. The molecular weight excluding hydrogens is 309 g/mol. The molecule has 1 aromatic rings. The van der Waals surface area contributed by atoms with Crippen LogP contribution in [0.5, 0.6) is 0 Å². The Morgan fingerprint density at radius 1 is 1.47 bits per heavy atom. The third-order valence-corrected chi connectivity index (χ3v) is 4.20. The molecule has 2 unspecified atom stereocenters. The largest absolute Gasteiger partial charge is 0.378 e. The third kappa shape index (κ3) is 4.55. The van der Waals surface area contributed by atoms with Crippen molar-refractivity contribution in [3.63, 3.8) is 0 Å². The van der Waals surface area contributed by atoms with Crippen LogP contribution < -0.4 is 5.32 Å². The van der Waals surface area contributed by atoms with Gasteiger partial charge in [0.25, 0.3) is 0 Å². The second-order valence-corrected chi connectivity index (χ2v) is 6.07. The van der Waals surface area contributed by atoms with Crippen LogP contribution in [0.3, 0.4) is 0 Å². The molecule has 0 radical (unpaired) electrons. The number of ether oxygens (including phenoxy) is 1. The first-order chi connectivity index (χ1) is 9.19. The summed E-state index contributed by atoms with van der Waals surface area (Å²) in [6.07, 6.45) is 5.50. The fraction of sp³-hybridized carbons (Fsp3) is 0.600. The molecule has 1 heterocycles. The molecule has 2 rings (SSSR count). The van der Waals surface area contributed by atoms with Crippen molar-refractivity contribution < 1.29 is 9.13 Å². The van der Waals surface area contributed by atoms with E-state index in [-0.39, 0.29) is 11.9 Å². The van der Waals surface area contributed by atoms with Crippen LogP contribution in [-0.2, 0) is 11.2 Å². The molecular formula is C15H21BrFNO. The van der Waals surface area contributed by atoms with Crippen LogP contribution in [0.4, 0.5) is 4.39 Å². The van der Waals surface area contributed by atoms with Crippen LogP contribution in [0.25, 0.3) is 0 Å². The van der Waals surface area contributed by atoms with Gasteiger partial charge in [0.15, 0.2) is 0 Å². The Kier molecular flexibility index (Phi) is 5.79. The predicted molar refractivity (Wildman–Crippen MR) is 78.9 cm³/mol. The highest BCUT2D eigenvalue weighted by Crippen LogP contribution is 2.21. The maximum Gasteiger partial charge on any atom is 0.126 e. The van der Waals surface area contributed by atoms with Crippen LogP contribution in [0.1, 0.15) is 31.2 Å². The zero-order valence-corrected chi connectivity index (χ0v) is 12.9. The van der Waals surface area contributed by atoms with Gasteiger partial charge in [-0.2, -0.15) is 0 Å². The van der Waals surface area contributed by atoms with Crippen molar-refractivity contribution in [1.29, 1.82) is 0 Å².